The van der Waals surface area contributed by atoms with Crippen molar-refractivity contribution in [3.63, 3.8) is 0 Å². The van der Waals surface area contributed by atoms with Crippen molar-refractivity contribution in [2.45, 2.75) is 56.8 Å². The number of amides is 2. The summed E-state index contributed by atoms with van der Waals surface area (Å²) in [5.41, 5.74) is 3.44. The number of halogens is 1. The lowest BCUT2D eigenvalue weighted by molar-refractivity contribution is -0.121. The Kier molecular flexibility index (Phi) is 7.71. The lowest BCUT2D eigenvalue weighted by Crippen LogP contribution is -2.36. The molecule has 0 unspecified atom stereocenters. The molecule has 2 aromatic rings. The summed E-state index contributed by atoms with van der Waals surface area (Å²) in [4.78, 5) is 26.3. The number of anilines is 1. The van der Waals surface area contributed by atoms with E-state index in [0.29, 0.717) is 12.3 Å². The maximum Gasteiger partial charge on any atom is 0.221 e. The number of nitrogens with zero attached hydrogens (tertiary/aromatic N) is 1. The number of carbonyl (C=O) groups is 2. The van der Waals surface area contributed by atoms with Gasteiger partial charge in [-0.05, 0) is 93.0 Å². The first kappa shape index (κ1) is 23.8. The smallest absolute Gasteiger partial charge is 0.221 e. The molecule has 1 aliphatic carbocycles. The van der Waals surface area contributed by atoms with Crippen LogP contribution in [0.4, 0.5) is 5.69 Å². The average molecular weight is 468 g/mol. The van der Waals surface area contributed by atoms with Gasteiger partial charge in [-0.2, -0.15) is 0 Å². The van der Waals surface area contributed by atoms with Crippen LogP contribution in [0, 0.1) is 0 Å². The number of hydrogen-bond acceptors (Lipinski definition) is 3. The molecule has 33 heavy (non-hydrogen) atoms. The van der Waals surface area contributed by atoms with Crippen molar-refractivity contribution in [2.75, 3.05) is 31.5 Å². The van der Waals surface area contributed by atoms with E-state index in [0.717, 1.165) is 69.0 Å². The molecule has 2 fully saturated rings. The van der Waals surface area contributed by atoms with E-state index >= 15 is 0 Å². The van der Waals surface area contributed by atoms with Crippen molar-refractivity contribution in [1.82, 2.24) is 10.2 Å². The van der Waals surface area contributed by atoms with Crippen molar-refractivity contribution >= 4 is 29.1 Å². The topological polar surface area (TPSA) is 61.4 Å². The fraction of sp³-hybridized carbons (Fsp3) is 0.481. The Bertz CT molecular complexity index is 964. The molecule has 2 aliphatic rings. The SMILES string of the molecule is CC(=O)Nc1cccc(C2CCN(CCCNC(=O)CC3(c4ccc(Cl)cc4)CC3)CC2)c1. The largest absolute Gasteiger partial charge is 0.356 e. The van der Waals surface area contributed by atoms with Gasteiger partial charge in [-0.3, -0.25) is 9.59 Å². The van der Waals surface area contributed by atoms with Gasteiger partial charge in [0.1, 0.15) is 0 Å². The van der Waals surface area contributed by atoms with Gasteiger partial charge in [0.05, 0.1) is 0 Å². The van der Waals surface area contributed by atoms with Gasteiger partial charge in [0.2, 0.25) is 11.8 Å². The Morgan fingerprint density at radius 1 is 1.09 bits per heavy atom. The number of benzene rings is 2. The molecule has 0 radical (unpaired) electrons. The van der Waals surface area contributed by atoms with Crippen molar-refractivity contribution < 1.29 is 9.59 Å². The second kappa shape index (κ2) is 10.7. The fourth-order valence-electron chi connectivity index (χ4n) is 4.99. The predicted molar refractivity (Wildman–Crippen MR) is 134 cm³/mol. The molecule has 176 valence electrons. The fourth-order valence-corrected chi connectivity index (χ4v) is 5.11. The summed E-state index contributed by atoms with van der Waals surface area (Å²) in [6.45, 7) is 5.43. The molecule has 6 heteroatoms. The normalized spacial score (nSPS) is 18.0. The minimum atomic E-state index is -0.0358. The Balaban J connectivity index is 1.14. The van der Waals surface area contributed by atoms with E-state index < -0.39 is 0 Å². The summed E-state index contributed by atoms with van der Waals surface area (Å²) in [6.07, 6.45) is 5.94. The Labute approximate surface area is 201 Å². The molecule has 1 aliphatic heterocycles. The van der Waals surface area contributed by atoms with Crippen LogP contribution < -0.4 is 10.6 Å². The standard InChI is InChI=1S/C27H34ClN3O2/c1-20(32)30-25-5-2-4-22(18-25)21-10-16-31(17-11-21)15-3-14-29-26(33)19-27(12-13-27)23-6-8-24(28)9-7-23/h2,4-9,18,21H,3,10-17,19H2,1H3,(H,29,33)(H,30,32). The van der Waals surface area contributed by atoms with E-state index in [1.807, 2.05) is 24.3 Å². The van der Waals surface area contributed by atoms with Gasteiger partial charge in [0.15, 0.2) is 0 Å². The number of piperidine rings is 1. The lowest BCUT2D eigenvalue weighted by Gasteiger charge is -2.32. The molecule has 2 aromatic carbocycles. The van der Waals surface area contributed by atoms with Crippen molar-refractivity contribution in [3.05, 3.63) is 64.7 Å². The third-order valence-electron chi connectivity index (χ3n) is 7.05. The molecule has 1 heterocycles. The van der Waals surface area contributed by atoms with Crippen molar-refractivity contribution in [3.8, 4) is 0 Å². The summed E-state index contributed by atoms with van der Waals surface area (Å²) in [5, 5.41) is 6.74. The monoisotopic (exact) mass is 467 g/mol. The van der Waals surface area contributed by atoms with Crippen LogP contribution in [0.5, 0.6) is 0 Å². The van der Waals surface area contributed by atoms with Gasteiger partial charge in [-0.25, -0.2) is 0 Å². The van der Waals surface area contributed by atoms with Crippen LogP contribution in [0.15, 0.2) is 48.5 Å². The zero-order valence-corrected chi connectivity index (χ0v) is 20.2. The highest BCUT2D eigenvalue weighted by atomic mass is 35.5. The summed E-state index contributed by atoms with van der Waals surface area (Å²) >= 11 is 6.00. The molecule has 0 bridgehead atoms. The van der Waals surface area contributed by atoms with E-state index in [-0.39, 0.29) is 17.2 Å². The Morgan fingerprint density at radius 3 is 2.48 bits per heavy atom. The number of nitrogens with one attached hydrogen (secondary N) is 2. The number of carbonyl (C=O) groups excluding carboxylic acids is 2. The first-order valence-electron chi connectivity index (χ1n) is 12.1. The molecule has 1 saturated carbocycles. The summed E-state index contributed by atoms with van der Waals surface area (Å²) in [7, 11) is 0. The molecular weight excluding hydrogens is 434 g/mol. The second-order valence-electron chi connectivity index (χ2n) is 9.59. The molecule has 0 spiro atoms. The molecule has 2 amide bonds. The lowest BCUT2D eigenvalue weighted by atomic mass is 9.89. The van der Waals surface area contributed by atoms with Crippen molar-refractivity contribution in [1.29, 1.82) is 0 Å². The van der Waals surface area contributed by atoms with Crippen molar-refractivity contribution in [2.24, 2.45) is 0 Å². The Morgan fingerprint density at radius 2 is 1.82 bits per heavy atom. The quantitative estimate of drug-likeness (QED) is 0.504. The van der Waals surface area contributed by atoms with E-state index in [1.54, 1.807) is 0 Å². The van der Waals surface area contributed by atoms with Gasteiger partial charge in [0, 0.05) is 36.0 Å². The van der Waals surface area contributed by atoms with Crippen LogP contribution in [0.2, 0.25) is 5.02 Å². The molecule has 5 nitrogen and oxygen atoms in total. The van der Waals surface area contributed by atoms with E-state index in [9.17, 15) is 9.59 Å². The van der Waals surface area contributed by atoms with Gasteiger partial charge in [-0.1, -0.05) is 35.9 Å². The third-order valence-corrected chi connectivity index (χ3v) is 7.30. The van der Waals surface area contributed by atoms with E-state index in [2.05, 4.69) is 39.8 Å². The van der Waals surface area contributed by atoms with Gasteiger partial charge in [-0.15, -0.1) is 0 Å². The first-order valence-corrected chi connectivity index (χ1v) is 12.4. The molecule has 2 N–H and O–H groups in total. The zero-order chi connectivity index (χ0) is 23.3. The zero-order valence-electron chi connectivity index (χ0n) is 19.4. The highest BCUT2D eigenvalue weighted by Gasteiger charge is 2.45. The average Bonchev–Trinajstić information content (AvgIpc) is 3.58. The first-order chi connectivity index (χ1) is 15.9. The van der Waals surface area contributed by atoms with Crippen LogP contribution in [-0.2, 0) is 15.0 Å². The maximum atomic E-state index is 12.5. The molecule has 0 aromatic heterocycles. The van der Waals surface area contributed by atoms with Crippen LogP contribution >= 0.6 is 11.6 Å². The van der Waals surface area contributed by atoms with E-state index in [1.165, 1.54) is 18.1 Å². The summed E-state index contributed by atoms with van der Waals surface area (Å²) < 4.78 is 0. The minimum Gasteiger partial charge on any atom is -0.356 e. The van der Waals surface area contributed by atoms with Crippen LogP contribution in [0.1, 0.15) is 62.5 Å². The van der Waals surface area contributed by atoms with Crippen LogP contribution in [0.25, 0.3) is 0 Å². The number of likely N-dealkylation sites (tertiary alicyclic amines) is 1. The van der Waals surface area contributed by atoms with Gasteiger partial charge >= 0.3 is 0 Å². The number of hydrogen-bond donors (Lipinski definition) is 2. The highest BCUT2D eigenvalue weighted by molar-refractivity contribution is 6.30. The minimum absolute atomic E-state index is 0.0216. The van der Waals surface area contributed by atoms with Gasteiger partial charge in [0.25, 0.3) is 0 Å². The van der Waals surface area contributed by atoms with Crippen LogP contribution in [-0.4, -0.2) is 42.9 Å². The maximum absolute atomic E-state index is 12.5. The molecule has 4 rings (SSSR count). The third kappa shape index (κ3) is 6.58. The van der Waals surface area contributed by atoms with E-state index in [4.69, 9.17) is 11.6 Å². The molecular formula is C27H34ClN3O2. The van der Waals surface area contributed by atoms with Crippen LogP contribution in [0.3, 0.4) is 0 Å². The highest BCUT2D eigenvalue weighted by Crippen LogP contribution is 2.51. The predicted octanol–water partition coefficient (Wildman–Crippen LogP) is 5.11. The summed E-state index contributed by atoms with van der Waals surface area (Å²) in [5.74, 6) is 0.656. The molecule has 1 saturated heterocycles. The number of rotatable bonds is 9. The molecule has 0 atom stereocenters. The van der Waals surface area contributed by atoms with Gasteiger partial charge < -0.3 is 15.5 Å². The summed E-state index contributed by atoms with van der Waals surface area (Å²) in [6, 6.07) is 16.2. The Hall–Kier alpha value is -2.37. The second-order valence-corrected chi connectivity index (χ2v) is 10.0.